The molecule has 7 nitrogen and oxygen atoms in total. The molecule has 0 aliphatic carbocycles. The summed E-state index contributed by atoms with van der Waals surface area (Å²) in [5.74, 6) is 1.36. The molecule has 29 heavy (non-hydrogen) atoms. The van der Waals surface area contributed by atoms with Crippen LogP contribution < -0.4 is 15.5 Å². The Morgan fingerprint density at radius 1 is 1.10 bits per heavy atom. The lowest BCUT2D eigenvalue weighted by atomic mass is 10.2. The van der Waals surface area contributed by atoms with Gasteiger partial charge in [0.25, 0.3) is 0 Å². The molecule has 3 rings (SSSR count). The Bertz CT molecular complexity index is 789. The standard InChI is InChI=1S/C21H28N6O.HI/c1-17-8-9-19(24-16-17)25-20(28)10-11-23-21(22-2)27-14-12-26(13-15-27)18-6-4-3-5-7-18;/h3-9,16H,10-15H2,1-2H3,(H,22,23)(H,24,25,28);1H. The Morgan fingerprint density at radius 3 is 2.45 bits per heavy atom. The third-order valence-electron chi connectivity index (χ3n) is 4.73. The number of aliphatic imine (C=N–C) groups is 1. The van der Waals surface area contributed by atoms with E-state index in [4.69, 9.17) is 0 Å². The molecule has 0 unspecified atom stereocenters. The number of benzene rings is 1. The lowest BCUT2D eigenvalue weighted by Crippen LogP contribution is -2.52. The van der Waals surface area contributed by atoms with Gasteiger partial charge in [-0.3, -0.25) is 9.79 Å². The number of hydrogen-bond donors (Lipinski definition) is 2. The molecular formula is C21H29IN6O. The highest BCUT2D eigenvalue weighted by Crippen LogP contribution is 2.15. The zero-order valence-corrected chi connectivity index (χ0v) is 19.3. The van der Waals surface area contributed by atoms with E-state index in [-0.39, 0.29) is 29.9 Å². The Hall–Kier alpha value is -2.36. The van der Waals surface area contributed by atoms with E-state index in [1.165, 1.54) is 5.69 Å². The molecule has 0 atom stereocenters. The summed E-state index contributed by atoms with van der Waals surface area (Å²) in [6.07, 6.45) is 2.10. The molecule has 1 aromatic carbocycles. The van der Waals surface area contributed by atoms with Crippen LogP contribution in [0.1, 0.15) is 12.0 Å². The summed E-state index contributed by atoms with van der Waals surface area (Å²) < 4.78 is 0. The first kappa shape index (κ1) is 22.9. The molecule has 8 heteroatoms. The van der Waals surface area contributed by atoms with Crippen molar-refractivity contribution in [3.05, 3.63) is 54.2 Å². The van der Waals surface area contributed by atoms with Crippen molar-refractivity contribution in [3.63, 3.8) is 0 Å². The van der Waals surface area contributed by atoms with Gasteiger partial charge in [0.15, 0.2) is 5.96 Å². The van der Waals surface area contributed by atoms with Gasteiger partial charge in [-0.15, -0.1) is 24.0 Å². The van der Waals surface area contributed by atoms with Crippen LogP contribution in [0.5, 0.6) is 0 Å². The summed E-state index contributed by atoms with van der Waals surface area (Å²) in [6, 6.07) is 14.2. The number of rotatable bonds is 5. The molecule has 1 saturated heterocycles. The van der Waals surface area contributed by atoms with E-state index in [0.29, 0.717) is 18.8 Å². The molecule has 1 aliphatic heterocycles. The van der Waals surface area contributed by atoms with Gasteiger partial charge in [0.1, 0.15) is 5.82 Å². The predicted octanol–water partition coefficient (Wildman–Crippen LogP) is 2.73. The molecule has 1 aliphatic rings. The van der Waals surface area contributed by atoms with Gasteiger partial charge in [-0.05, 0) is 30.7 Å². The quantitative estimate of drug-likeness (QED) is 0.369. The van der Waals surface area contributed by atoms with Crippen molar-refractivity contribution < 1.29 is 4.79 Å². The second kappa shape index (κ2) is 11.6. The van der Waals surface area contributed by atoms with Crippen LogP contribution in [-0.4, -0.2) is 61.5 Å². The zero-order valence-electron chi connectivity index (χ0n) is 17.0. The molecule has 2 N–H and O–H groups in total. The van der Waals surface area contributed by atoms with Crippen LogP contribution in [-0.2, 0) is 4.79 Å². The normalized spacial score (nSPS) is 14.2. The predicted molar refractivity (Wildman–Crippen MR) is 129 cm³/mol. The average Bonchev–Trinajstić information content (AvgIpc) is 2.74. The highest BCUT2D eigenvalue weighted by atomic mass is 127. The number of pyridine rings is 1. The molecule has 0 spiro atoms. The number of aryl methyl sites for hydroxylation is 1. The van der Waals surface area contributed by atoms with Gasteiger partial charge in [0, 0.05) is 58.1 Å². The number of amides is 1. The van der Waals surface area contributed by atoms with E-state index in [1.807, 2.05) is 25.1 Å². The number of nitrogens with one attached hydrogen (secondary N) is 2. The number of hydrogen-bond acceptors (Lipinski definition) is 4. The fourth-order valence-corrected chi connectivity index (χ4v) is 3.18. The summed E-state index contributed by atoms with van der Waals surface area (Å²) in [6.45, 7) is 6.19. The Balaban J connectivity index is 0.00000300. The van der Waals surface area contributed by atoms with Crippen molar-refractivity contribution in [2.24, 2.45) is 4.99 Å². The zero-order chi connectivity index (χ0) is 19.8. The highest BCUT2D eigenvalue weighted by molar-refractivity contribution is 14.0. The minimum atomic E-state index is -0.0618. The average molecular weight is 508 g/mol. The van der Waals surface area contributed by atoms with Gasteiger partial charge in [-0.1, -0.05) is 24.3 Å². The Morgan fingerprint density at radius 2 is 1.83 bits per heavy atom. The van der Waals surface area contributed by atoms with E-state index in [1.54, 1.807) is 13.2 Å². The Labute approximate surface area is 189 Å². The third-order valence-corrected chi connectivity index (χ3v) is 4.73. The van der Waals surface area contributed by atoms with Crippen LogP contribution in [0.4, 0.5) is 11.5 Å². The van der Waals surface area contributed by atoms with Crippen molar-refractivity contribution in [3.8, 4) is 0 Å². The molecule has 1 fully saturated rings. The number of guanidine groups is 1. The molecule has 0 saturated carbocycles. The number of nitrogens with zero attached hydrogens (tertiary/aromatic N) is 4. The van der Waals surface area contributed by atoms with Crippen LogP contribution in [0, 0.1) is 6.92 Å². The Kier molecular flexibility index (Phi) is 9.17. The number of carbonyl (C=O) groups excluding carboxylic acids is 1. The number of aromatic nitrogens is 1. The first-order valence-corrected chi connectivity index (χ1v) is 9.64. The second-order valence-electron chi connectivity index (χ2n) is 6.80. The summed E-state index contributed by atoms with van der Waals surface area (Å²) in [4.78, 5) is 25.3. The largest absolute Gasteiger partial charge is 0.368 e. The lowest BCUT2D eigenvalue weighted by Gasteiger charge is -2.37. The number of anilines is 2. The van der Waals surface area contributed by atoms with Crippen LogP contribution in [0.2, 0.25) is 0 Å². The molecule has 0 bridgehead atoms. The number of para-hydroxylation sites is 1. The minimum absolute atomic E-state index is 0. The summed E-state index contributed by atoms with van der Waals surface area (Å²) >= 11 is 0. The van der Waals surface area contributed by atoms with Crippen molar-refractivity contribution in [2.75, 3.05) is 50.0 Å². The van der Waals surface area contributed by atoms with Gasteiger partial charge in [0.05, 0.1) is 0 Å². The van der Waals surface area contributed by atoms with Gasteiger partial charge in [-0.2, -0.15) is 0 Å². The monoisotopic (exact) mass is 508 g/mol. The maximum absolute atomic E-state index is 12.1. The van der Waals surface area contributed by atoms with Crippen LogP contribution in [0.3, 0.4) is 0 Å². The maximum atomic E-state index is 12.1. The van der Waals surface area contributed by atoms with Gasteiger partial charge < -0.3 is 20.4 Å². The van der Waals surface area contributed by atoms with Crippen molar-refractivity contribution in [1.29, 1.82) is 0 Å². The van der Waals surface area contributed by atoms with E-state index in [2.05, 4.69) is 54.7 Å². The number of carbonyl (C=O) groups is 1. The molecule has 0 radical (unpaired) electrons. The fourth-order valence-electron chi connectivity index (χ4n) is 3.18. The molecule has 2 heterocycles. The highest BCUT2D eigenvalue weighted by Gasteiger charge is 2.19. The maximum Gasteiger partial charge on any atom is 0.227 e. The first-order chi connectivity index (χ1) is 13.7. The second-order valence-corrected chi connectivity index (χ2v) is 6.80. The molecule has 156 valence electrons. The fraction of sp³-hybridized carbons (Fsp3) is 0.381. The van der Waals surface area contributed by atoms with Crippen molar-refractivity contribution >= 4 is 47.3 Å². The van der Waals surface area contributed by atoms with Gasteiger partial charge in [-0.25, -0.2) is 4.98 Å². The van der Waals surface area contributed by atoms with Gasteiger partial charge >= 0.3 is 0 Å². The SMILES string of the molecule is CN=C(NCCC(=O)Nc1ccc(C)cn1)N1CCN(c2ccccc2)CC1.I. The van der Waals surface area contributed by atoms with E-state index < -0.39 is 0 Å². The van der Waals surface area contributed by atoms with E-state index in [0.717, 1.165) is 37.7 Å². The van der Waals surface area contributed by atoms with Crippen LogP contribution >= 0.6 is 24.0 Å². The third kappa shape index (κ3) is 6.88. The van der Waals surface area contributed by atoms with Crippen molar-refractivity contribution in [2.45, 2.75) is 13.3 Å². The van der Waals surface area contributed by atoms with Crippen LogP contribution in [0.15, 0.2) is 53.7 Å². The van der Waals surface area contributed by atoms with E-state index in [9.17, 15) is 4.79 Å². The summed E-state index contributed by atoms with van der Waals surface area (Å²) in [7, 11) is 1.78. The summed E-state index contributed by atoms with van der Waals surface area (Å²) in [5, 5.41) is 6.11. The van der Waals surface area contributed by atoms with Crippen molar-refractivity contribution in [1.82, 2.24) is 15.2 Å². The van der Waals surface area contributed by atoms with Gasteiger partial charge in [0.2, 0.25) is 5.91 Å². The molecule has 1 aromatic heterocycles. The smallest absolute Gasteiger partial charge is 0.227 e. The first-order valence-electron chi connectivity index (χ1n) is 9.64. The minimum Gasteiger partial charge on any atom is -0.368 e. The number of halogens is 1. The lowest BCUT2D eigenvalue weighted by molar-refractivity contribution is -0.116. The molecular weight excluding hydrogens is 479 g/mol. The van der Waals surface area contributed by atoms with Crippen LogP contribution in [0.25, 0.3) is 0 Å². The van der Waals surface area contributed by atoms with E-state index >= 15 is 0 Å². The topological polar surface area (TPSA) is 72.9 Å². The molecule has 2 aromatic rings. The molecule has 1 amide bonds. The number of piperazine rings is 1. The summed E-state index contributed by atoms with van der Waals surface area (Å²) in [5.41, 5.74) is 2.32.